The molecule has 2 aromatic rings. The zero-order valence-corrected chi connectivity index (χ0v) is 14.5. The molecule has 132 valence electrons. The van der Waals surface area contributed by atoms with E-state index in [0.29, 0.717) is 6.04 Å². The third kappa shape index (κ3) is 5.33. The molecule has 0 aliphatic heterocycles. The Morgan fingerprint density at radius 3 is 1.80 bits per heavy atom. The van der Waals surface area contributed by atoms with Crippen molar-refractivity contribution in [2.24, 2.45) is 0 Å². The molecule has 0 aromatic heterocycles. The molecule has 4 nitrogen and oxygen atoms in total. The van der Waals surface area contributed by atoms with Gasteiger partial charge in [-0.05, 0) is 36.8 Å². The maximum atomic E-state index is 10.8. The smallest absolute Gasteiger partial charge is 0.404 e. The maximum absolute atomic E-state index is 10.8. The maximum Gasteiger partial charge on any atom is 0.404 e. The van der Waals surface area contributed by atoms with Crippen LogP contribution in [0, 0.1) is 0 Å². The van der Waals surface area contributed by atoms with Crippen LogP contribution in [0.25, 0.3) is 0 Å². The van der Waals surface area contributed by atoms with E-state index in [1.54, 1.807) is 0 Å². The van der Waals surface area contributed by atoms with E-state index in [1.165, 1.54) is 11.1 Å². The topological polar surface area (TPSA) is 52.6 Å². The number of rotatable bonds is 6. The summed E-state index contributed by atoms with van der Waals surface area (Å²) in [6, 6.07) is 21.7. The Bertz CT molecular complexity index is 611. The summed E-state index contributed by atoms with van der Waals surface area (Å²) in [4.78, 5) is 13.4. The lowest BCUT2D eigenvalue weighted by Gasteiger charge is -2.37. The molecule has 0 bridgehead atoms. The first-order valence-electron chi connectivity index (χ1n) is 9.02. The van der Waals surface area contributed by atoms with Crippen LogP contribution < -0.4 is 5.32 Å². The molecule has 1 aliphatic rings. The molecule has 0 spiro atoms. The van der Waals surface area contributed by atoms with Gasteiger partial charge in [-0.3, -0.25) is 4.90 Å². The molecule has 1 saturated carbocycles. The van der Waals surface area contributed by atoms with Gasteiger partial charge in [-0.25, -0.2) is 4.79 Å². The van der Waals surface area contributed by atoms with Crippen LogP contribution in [-0.4, -0.2) is 28.2 Å². The van der Waals surface area contributed by atoms with Crippen LogP contribution in [0.3, 0.4) is 0 Å². The summed E-state index contributed by atoms with van der Waals surface area (Å²) < 4.78 is 0. The fourth-order valence-electron chi connectivity index (χ4n) is 3.71. The zero-order valence-electron chi connectivity index (χ0n) is 14.5. The minimum Gasteiger partial charge on any atom is -0.465 e. The molecule has 0 saturated heterocycles. The van der Waals surface area contributed by atoms with Gasteiger partial charge in [0.05, 0.1) is 0 Å². The van der Waals surface area contributed by atoms with Crippen LogP contribution in [0.4, 0.5) is 4.79 Å². The molecule has 1 aliphatic carbocycles. The van der Waals surface area contributed by atoms with Crippen molar-refractivity contribution in [3.05, 3.63) is 71.8 Å². The van der Waals surface area contributed by atoms with Gasteiger partial charge in [0.1, 0.15) is 0 Å². The molecular weight excluding hydrogens is 312 g/mol. The Morgan fingerprint density at radius 1 is 0.880 bits per heavy atom. The van der Waals surface area contributed by atoms with Crippen molar-refractivity contribution in [1.29, 1.82) is 0 Å². The Morgan fingerprint density at radius 2 is 1.36 bits per heavy atom. The van der Waals surface area contributed by atoms with Crippen LogP contribution in [0.15, 0.2) is 60.7 Å². The molecule has 0 radical (unpaired) electrons. The first kappa shape index (κ1) is 17.5. The average Bonchev–Trinajstić information content (AvgIpc) is 2.63. The summed E-state index contributed by atoms with van der Waals surface area (Å²) in [7, 11) is 0. The van der Waals surface area contributed by atoms with Crippen molar-refractivity contribution in [3.63, 3.8) is 0 Å². The molecule has 0 heterocycles. The summed E-state index contributed by atoms with van der Waals surface area (Å²) in [5.41, 5.74) is 2.65. The lowest BCUT2D eigenvalue weighted by atomic mass is 9.89. The first-order chi connectivity index (χ1) is 12.2. The number of nitrogens with zero attached hydrogens (tertiary/aromatic N) is 1. The van der Waals surface area contributed by atoms with Gasteiger partial charge in [-0.1, -0.05) is 60.7 Å². The fourth-order valence-corrected chi connectivity index (χ4v) is 3.71. The predicted molar refractivity (Wildman–Crippen MR) is 99.3 cm³/mol. The summed E-state index contributed by atoms with van der Waals surface area (Å²) in [5.74, 6) is 0. The van der Waals surface area contributed by atoms with Gasteiger partial charge in [0.25, 0.3) is 0 Å². The molecule has 25 heavy (non-hydrogen) atoms. The Kier molecular flexibility index (Phi) is 6.07. The molecule has 0 unspecified atom stereocenters. The second-order valence-electron chi connectivity index (χ2n) is 6.83. The number of amides is 1. The highest BCUT2D eigenvalue weighted by molar-refractivity contribution is 5.64. The van der Waals surface area contributed by atoms with Crippen molar-refractivity contribution in [2.75, 3.05) is 0 Å². The number of nitrogens with one attached hydrogen (secondary N) is 1. The number of carbonyl (C=O) groups is 1. The van der Waals surface area contributed by atoms with E-state index in [0.717, 1.165) is 38.8 Å². The zero-order chi connectivity index (χ0) is 17.5. The van der Waals surface area contributed by atoms with Gasteiger partial charge in [0, 0.05) is 25.2 Å². The van der Waals surface area contributed by atoms with Crippen molar-refractivity contribution in [2.45, 2.75) is 50.9 Å². The molecule has 4 heteroatoms. The second-order valence-corrected chi connectivity index (χ2v) is 6.83. The van der Waals surface area contributed by atoms with Crippen LogP contribution in [0.5, 0.6) is 0 Å². The standard InChI is InChI=1S/C21H26N2O2/c24-21(25)22-19-11-13-20(14-12-19)23(15-17-7-3-1-4-8-17)16-18-9-5-2-6-10-18/h1-10,19-20,22H,11-16H2,(H,24,25). The van der Waals surface area contributed by atoms with Gasteiger partial charge in [0.15, 0.2) is 0 Å². The summed E-state index contributed by atoms with van der Waals surface area (Å²) in [6.07, 6.45) is 2.98. The van der Waals surface area contributed by atoms with Crippen LogP contribution in [0.2, 0.25) is 0 Å². The minimum atomic E-state index is -0.908. The number of hydrogen-bond donors (Lipinski definition) is 2. The van der Waals surface area contributed by atoms with E-state index in [9.17, 15) is 4.79 Å². The predicted octanol–water partition coefficient (Wildman–Crippen LogP) is 4.27. The third-order valence-corrected chi connectivity index (χ3v) is 5.00. The molecule has 3 rings (SSSR count). The van der Waals surface area contributed by atoms with E-state index in [-0.39, 0.29) is 6.04 Å². The van der Waals surface area contributed by atoms with E-state index >= 15 is 0 Å². The van der Waals surface area contributed by atoms with E-state index in [4.69, 9.17) is 5.11 Å². The summed E-state index contributed by atoms with van der Waals surface area (Å²) in [6.45, 7) is 1.86. The Hall–Kier alpha value is -2.33. The van der Waals surface area contributed by atoms with Gasteiger partial charge in [0.2, 0.25) is 0 Å². The molecule has 2 N–H and O–H groups in total. The SMILES string of the molecule is O=C(O)NC1CCC(N(Cc2ccccc2)Cc2ccccc2)CC1. The van der Waals surface area contributed by atoms with Gasteiger partial charge in [-0.2, -0.15) is 0 Å². The highest BCUT2D eigenvalue weighted by atomic mass is 16.4. The highest BCUT2D eigenvalue weighted by Crippen LogP contribution is 2.26. The van der Waals surface area contributed by atoms with Crippen LogP contribution in [0.1, 0.15) is 36.8 Å². The van der Waals surface area contributed by atoms with Crippen LogP contribution in [-0.2, 0) is 13.1 Å². The van der Waals surface area contributed by atoms with E-state index < -0.39 is 6.09 Å². The number of benzene rings is 2. The minimum absolute atomic E-state index is 0.101. The largest absolute Gasteiger partial charge is 0.465 e. The Balaban J connectivity index is 1.67. The van der Waals surface area contributed by atoms with Crippen molar-refractivity contribution in [3.8, 4) is 0 Å². The Labute approximate surface area is 149 Å². The van der Waals surface area contributed by atoms with Crippen LogP contribution >= 0.6 is 0 Å². The highest BCUT2D eigenvalue weighted by Gasteiger charge is 2.26. The lowest BCUT2D eigenvalue weighted by molar-refractivity contribution is 0.125. The van der Waals surface area contributed by atoms with Crippen molar-refractivity contribution >= 4 is 6.09 Å². The third-order valence-electron chi connectivity index (χ3n) is 5.00. The fraction of sp³-hybridized carbons (Fsp3) is 0.381. The average molecular weight is 338 g/mol. The molecular formula is C21H26N2O2. The summed E-state index contributed by atoms with van der Waals surface area (Å²) in [5, 5.41) is 11.5. The van der Waals surface area contributed by atoms with E-state index in [1.807, 2.05) is 12.1 Å². The number of carboxylic acid groups (broad SMARTS) is 1. The quantitative estimate of drug-likeness (QED) is 0.827. The van der Waals surface area contributed by atoms with Gasteiger partial charge >= 0.3 is 6.09 Å². The molecule has 0 atom stereocenters. The monoisotopic (exact) mass is 338 g/mol. The summed E-state index contributed by atoms with van der Waals surface area (Å²) >= 11 is 0. The number of hydrogen-bond acceptors (Lipinski definition) is 2. The normalized spacial score (nSPS) is 20.4. The molecule has 2 aromatic carbocycles. The molecule has 1 fully saturated rings. The molecule has 1 amide bonds. The van der Waals surface area contributed by atoms with Gasteiger partial charge < -0.3 is 10.4 Å². The van der Waals surface area contributed by atoms with Crippen molar-refractivity contribution < 1.29 is 9.90 Å². The van der Waals surface area contributed by atoms with Gasteiger partial charge in [-0.15, -0.1) is 0 Å². The van der Waals surface area contributed by atoms with Crippen molar-refractivity contribution in [1.82, 2.24) is 10.2 Å². The first-order valence-corrected chi connectivity index (χ1v) is 9.02. The van der Waals surface area contributed by atoms with E-state index in [2.05, 4.69) is 58.7 Å². The second kappa shape index (κ2) is 8.67. The lowest BCUT2D eigenvalue weighted by Crippen LogP contribution is -2.43.